The van der Waals surface area contributed by atoms with Gasteiger partial charge in [-0.15, -0.1) is 11.3 Å². The van der Waals surface area contributed by atoms with E-state index in [0.717, 1.165) is 50.7 Å². The van der Waals surface area contributed by atoms with Crippen molar-refractivity contribution < 1.29 is 23.8 Å². The van der Waals surface area contributed by atoms with Gasteiger partial charge in [0.25, 0.3) is 11.8 Å². The van der Waals surface area contributed by atoms with Crippen LogP contribution in [0.1, 0.15) is 46.5 Å². The first-order valence-corrected chi connectivity index (χ1v) is 11.6. The average Bonchev–Trinajstić information content (AvgIpc) is 3.43. The van der Waals surface area contributed by atoms with Crippen molar-refractivity contribution in [1.82, 2.24) is 5.32 Å². The van der Waals surface area contributed by atoms with Crippen LogP contribution in [-0.2, 0) is 22.4 Å². The maximum Gasteiger partial charge on any atom is 0.262 e. The minimum absolute atomic E-state index is 0.0747. The molecule has 1 saturated heterocycles. The molecule has 1 aliphatic heterocycles. The highest BCUT2D eigenvalue weighted by atomic mass is 32.1. The normalized spacial score (nSPS) is 17.6. The topological polar surface area (TPSA) is 85.9 Å². The van der Waals surface area contributed by atoms with Crippen molar-refractivity contribution in [3.05, 3.63) is 40.3 Å². The first-order valence-electron chi connectivity index (χ1n) is 10.8. The van der Waals surface area contributed by atoms with Crippen LogP contribution >= 0.6 is 11.3 Å². The number of carbonyl (C=O) groups excluding carboxylic acids is 2. The van der Waals surface area contributed by atoms with Gasteiger partial charge in [-0.05, 0) is 56.2 Å². The Bertz CT molecular complexity index is 936. The monoisotopic (exact) mass is 444 g/mol. The van der Waals surface area contributed by atoms with E-state index in [0.29, 0.717) is 28.6 Å². The number of carbonyl (C=O) groups is 2. The smallest absolute Gasteiger partial charge is 0.262 e. The van der Waals surface area contributed by atoms with Crippen LogP contribution in [0.5, 0.6) is 11.5 Å². The van der Waals surface area contributed by atoms with E-state index < -0.39 is 0 Å². The van der Waals surface area contributed by atoms with Crippen molar-refractivity contribution in [2.75, 3.05) is 32.2 Å². The average molecular weight is 445 g/mol. The lowest BCUT2D eigenvalue weighted by Gasteiger charge is -2.15. The molecule has 0 unspecified atom stereocenters. The van der Waals surface area contributed by atoms with E-state index in [2.05, 4.69) is 10.6 Å². The molecule has 4 rings (SSSR count). The SMILES string of the molecule is COc1ccccc1OCC(=O)Nc1sc2c(c1C(=O)NC[C@H]1CCCO1)CCCC2. The minimum atomic E-state index is -0.308. The van der Waals surface area contributed by atoms with Gasteiger partial charge in [-0.25, -0.2) is 0 Å². The Morgan fingerprint density at radius 3 is 2.74 bits per heavy atom. The van der Waals surface area contributed by atoms with Crippen molar-refractivity contribution in [2.45, 2.75) is 44.6 Å². The maximum atomic E-state index is 13.0. The van der Waals surface area contributed by atoms with Crippen LogP contribution in [0.2, 0.25) is 0 Å². The molecule has 166 valence electrons. The second-order valence-corrected chi connectivity index (χ2v) is 8.85. The summed E-state index contributed by atoms with van der Waals surface area (Å²) in [4.78, 5) is 26.8. The molecule has 2 heterocycles. The number of nitrogens with one attached hydrogen (secondary N) is 2. The number of ether oxygens (including phenoxy) is 3. The molecule has 7 nitrogen and oxygen atoms in total. The first-order chi connectivity index (χ1) is 15.2. The fourth-order valence-electron chi connectivity index (χ4n) is 4.04. The van der Waals surface area contributed by atoms with Gasteiger partial charge in [0.1, 0.15) is 5.00 Å². The molecule has 2 aromatic rings. The number of hydrogen-bond donors (Lipinski definition) is 2. The van der Waals surface area contributed by atoms with Gasteiger partial charge < -0.3 is 24.8 Å². The zero-order valence-electron chi connectivity index (χ0n) is 17.7. The molecule has 0 radical (unpaired) electrons. The third kappa shape index (κ3) is 5.19. The Balaban J connectivity index is 1.44. The van der Waals surface area contributed by atoms with Gasteiger partial charge in [0, 0.05) is 18.0 Å². The molecule has 2 N–H and O–H groups in total. The summed E-state index contributed by atoms with van der Waals surface area (Å²) in [6.07, 6.45) is 6.04. The zero-order valence-corrected chi connectivity index (χ0v) is 18.5. The predicted octanol–water partition coefficient (Wildman–Crippen LogP) is 3.56. The van der Waals surface area contributed by atoms with E-state index in [1.165, 1.54) is 16.2 Å². The van der Waals surface area contributed by atoms with E-state index in [4.69, 9.17) is 14.2 Å². The summed E-state index contributed by atoms with van der Waals surface area (Å²) in [5.41, 5.74) is 1.67. The molecule has 2 aliphatic rings. The molecular weight excluding hydrogens is 416 g/mol. The molecule has 2 amide bonds. The molecule has 31 heavy (non-hydrogen) atoms. The maximum absolute atomic E-state index is 13.0. The summed E-state index contributed by atoms with van der Waals surface area (Å²) in [6.45, 7) is 1.08. The first kappa shape index (κ1) is 21.6. The van der Waals surface area contributed by atoms with Gasteiger partial charge in [0.05, 0.1) is 18.8 Å². The third-order valence-electron chi connectivity index (χ3n) is 5.59. The number of benzene rings is 1. The van der Waals surface area contributed by atoms with Crippen LogP contribution in [0.15, 0.2) is 24.3 Å². The van der Waals surface area contributed by atoms with E-state index >= 15 is 0 Å². The fraction of sp³-hybridized carbons (Fsp3) is 0.478. The number of aryl methyl sites for hydroxylation is 1. The summed E-state index contributed by atoms with van der Waals surface area (Å²) >= 11 is 1.50. The number of thiophene rings is 1. The lowest BCUT2D eigenvalue weighted by atomic mass is 9.95. The minimum Gasteiger partial charge on any atom is -0.493 e. The van der Waals surface area contributed by atoms with Crippen molar-refractivity contribution in [3.8, 4) is 11.5 Å². The van der Waals surface area contributed by atoms with Gasteiger partial charge in [0.15, 0.2) is 18.1 Å². The highest BCUT2D eigenvalue weighted by Crippen LogP contribution is 2.38. The van der Waals surface area contributed by atoms with Crippen LogP contribution < -0.4 is 20.1 Å². The Hall–Kier alpha value is -2.58. The second kappa shape index (κ2) is 10.2. The molecule has 1 aromatic carbocycles. The van der Waals surface area contributed by atoms with Crippen molar-refractivity contribution >= 4 is 28.2 Å². The fourth-order valence-corrected chi connectivity index (χ4v) is 5.34. The van der Waals surface area contributed by atoms with Gasteiger partial charge in [-0.1, -0.05) is 12.1 Å². The van der Waals surface area contributed by atoms with E-state index in [-0.39, 0.29) is 24.5 Å². The molecular formula is C23H28N2O5S. The standard InChI is InChI=1S/C23H28N2O5S/c1-28-17-9-3-4-10-18(17)30-14-20(26)25-23-21(16-8-2-5-11-19(16)31-23)22(27)24-13-15-7-6-12-29-15/h3-4,9-10,15H,2,5-8,11-14H2,1H3,(H,24,27)(H,25,26)/t15-/m1/s1. The van der Waals surface area contributed by atoms with Gasteiger partial charge in [0.2, 0.25) is 0 Å². The van der Waals surface area contributed by atoms with E-state index in [1.54, 1.807) is 19.2 Å². The summed E-state index contributed by atoms with van der Waals surface area (Å²) in [5.74, 6) is 0.616. The summed E-state index contributed by atoms with van der Waals surface area (Å²) in [7, 11) is 1.56. The Labute approximate surface area is 186 Å². The highest BCUT2D eigenvalue weighted by molar-refractivity contribution is 7.17. The molecule has 1 fully saturated rings. The van der Waals surface area contributed by atoms with Crippen LogP contribution in [0.25, 0.3) is 0 Å². The molecule has 1 atom stereocenters. The number of amides is 2. The number of hydrogen-bond acceptors (Lipinski definition) is 6. The van der Waals surface area contributed by atoms with Crippen LogP contribution in [0, 0.1) is 0 Å². The largest absolute Gasteiger partial charge is 0.493 e. The van der Waals surface area contributed by atoms with Crippen LogP contribution in [0.4, 0.5) is 5.00 Å². The Morgan fingerprint density at radius 2 is 1.97 bits per heavy atom. The van der Waals surface area contributed by atoms with E-state index in [1.807, 2.05) is 12.1 Å². The predicted molar refractivity (Wildman–Crippen MR) is 119 cm³/mol. The van der Waals surface area contributed by atoms with Crippen molar-refractivity contribution in [3.63, 3.8) is 0 Å². The summed E-state index contributed by atoms with van der Waals surface area (Å²) < 4.78 is 16.5. The Kier molecular flexibility index (Phi) is 7.09. The van der Waals surface area contributed by atoms with Crippen LogP contribution in [0.3, 0.4) is 0 Å². The number of anilines is 1. The molecule has 0 bridgehead atoms. The lowest BCUT2D eigenvalue weighted by molar-refractivity contribution is -0.118. The number of para-hydroxylation sites is 2. The highest BCUT2D eigenvalue weighted by Gasteiger charge is 2.27. The zero-order chi connectivity index (χ0) is 21.6. The van der Waals surface area contributed by atoms with Gasteiger partial charge >= 0.3 is 0 Å². The van der Waals surface area contributed by atoms with Gasteiger partial charge in [-0.3, -0.25) is 9.59 Å². The van der Waals surface area contributed by atoms with Crippen LogP contribution in [-0.4, -0.2) is 44.8 Å². The lowest BCUT2D eigenvalue weighted by Crippen LogP contribution is -2.33. The summed E-state index contributed by atoms with van der Waals surface area (Å²) in [5, 5.41) is 6.52. The van der Waals surface area contributed by atoms with Crippen molar-refractivity contribution in [1.29, 1.82) is 0 Å². The number of rotatable bonds is 8. The van der Waals surface area contributed by atoms with E-state index in [9.17, 15) is 9.59 Å². The molecule has 1 aliphatic carbocycles. The van der Waals surface area contributed by atoms with Crippen molar-refractivity contribution in [2.24, 2.45) is 0 Å². The molecule has 8 heteroatoms. The van der Waals surface area contributed by atoms with Gasteiger partial charge in [-0.2, -0.15) is 0 Å². The molecule has 0 saturated carbocycles. The second-order valence-electron chi connectivity index (χ2n) is 7.75. The molecule has 0 spiro atoms. The number of fused-ring (bicyclic) bond motifs is 1. The molecule has 1 aromatic heterocycles. The summed E-state index contributed by atoms with van der Waals surface area (Å²) in [6, 6.07) is 7.18. The quantitative estimate of drug-likeness (QED) is 0.650. The Morgan fingerprint density at radius 1 is 1.16 bits per heavy atom. The number of methoxy groups -OCH3 is 1. The third-order valence-corrected chi connectivity index (χ3v) is 6.80.